The van der Waals surface area contributed by atoms with E-state index in [-0.39, 0.29) is 37.1 Å². The van der Waals surface area contributed by atoms with Crippen molar-refractivity contribution >= 4 is 61.7 Å². The van der Waals surface area contributed by atoms with Gasteiger partial charge in [0.15, 0.2) is 5.13 Å². The second kappa shape index (κ2) is 8.96. The Bertz CT molecular complexity index is 1420. The topological polar surface area (TPSA) is 83.5 Å². The SMILES string of the molecule is Cc1cc(Cl)cc2sc(N(Cc3ccccn3)C(=O)c3cccc(N4C(=O)CCC4=O)c3)nc12. The molecule has 1 fully saturated rings. The Balaban J connectivity index is 1.56. The lowest BCUT2D eigenvalue weighted by atomic mass is 10.1. The quantitative estimate of drug-likeness (QED) is 0.361. The Labute approximate surface area is 204 Å². The van der Waals surface area contributed by atoms with E-state index in [1.807, 2.05) is 37.3 Å². The highest BCUT2D eigenvalue weighted by Crippen LogP contribution is 2.34. The van der Waals surface area contributed by atoms with Crippen LogP contribution in [0.25, 0.3) is 10.2 Å². The maximum atomic E-state index is 13.8. The highest BCUT2D eigenvalue weighted by Gasteiger charge is 2.31. The number of carbonyl (C=O) groups excluding carboxylic acids is 3. The first-order valence-electron chi connectivity index (χ1n) is 10.6. The molecule has 1 aliphatic heterocycles. The highest BCUT2D eigenvalue weighted by molar-refractivity contribution is 7.22. The summed E-state index contributed by atoms with van der Waals surface area (Å²) in [5, 5.41) is 1.12. The summed E-state index contributed by atoms with van der Waals surface area (Å²) >= 11 is 7.60. The lowest BCUT2D eigenvalue weighted by molar-refractivity contribution is -0.121. The van der Waals surface area contributed by atoms with Crippen LogP contribution in [0.4, 0.5) is 10.8 Å². The molecule has 2 aromatic heterocycles. The Morgan fingerprint density at radius 3 is 2.62 bits per heavy atom. The molecule has 1 aliphatic rings. The molecule has 3 heterocycles. The van der Waals surface area contributed by atoms with Crippen LogP contribution in [0, 0.1) is 6.92 Å². The minimum absolute atomic E-state index is 0.177. The summed E-state index contributed by atoms with van der Waals surface area (Å²) in [5.41, 5.74) is 3.14. The molecule has 0 atom stereocenters. The van der Waals surface area contributed by atoms with Crippen LogP contribution in [0.3, 0.4) is 0 Å². The largest absolute Gasteiger partial charge is 0.278 e. The predicted octanol–water partition coefficient (Wildman–Crippen LogP) is 5.15. The van der Waals surface area contributed by atoms with Crippen molar-refractivity contribution in [1.29, 1.82) is 0 Å². The van der Waals surface area contributed by atoms with Crippen molar-refractivity contribution in [3.05, 3.63) is 82.6 Å². The number of benzene rings is 2. The number of hydrogen-bond donors (Lipinski definition) is 0. The van der Waals surface area contributed by atoms with Gasteiger partial charge in [0, 0.05) is 29.6 Å². The second-order valence-corrected chi connectivity index (χ2v) is 9.40. The van der Waals surface area contributed by atoms with Crippen molar-refractivity contribution in [2.45, 2.75) is 26.3 Å². The van der Waals surface area contributed by atoms with E-state index in [1.54, 1.807) is 35.4 Å². The van der Waals surface area contributed by atoms with Crippen LogP contribution in [0.2, 0.25) is 5.02 Å². The number of halogens is 1. The molecular weight excluding hydrogens is 472 g/mol. The van der Waals surface area contributed by atoms with Gasteiger partial charge in [-0.1, -0.05) is 35.1 Å². The molecule has 0 radical (unpaired) electrons. The molecule has 34 heavy (non-hydrogen) atoms. The van der Waals surface area contributed by atoms with E-state index in [4.69, 9.17) is 16.6 Å². The summed E-state index contributed by atoms with van der Waals surface area (Å²) < 4.78 is 0.876. The summed E-state index contributed by atoms with van der Waals surface area (Å²) in [4.78, 5) is 50.0. The van der Waals surface area contributed by atoms with Crippen molar-refractivity contribution in [3.8, 4) is 0 Å². The van der Waals surface area contributed by atoms with Gasteiger partial charge < -0.3 is 0 Å². The first-order valence-corrected chi connectivity index (χ1v) is 11.8. The first-order chi connectivity index (χ1) is 16.4. The molecular formula is C25H19ClN4O3S. The van der Waals surface area contributed by atoms with Gasteiger partial charge in [-0.3, -0.25) is 29.2 Å². The van der Waals surface area contributed by atoms with Gasteiger partial charge in [0.25, 0.3) is 5.91 Å². The maximum absolute atomic E-state index is 13.8. The van der Waals surface area contributed by atoms with Crippen LogP contribution in [0.5, 0.6) is 0 Å². The smallest absolute Gasteiger partial charge is 0.260 e. The Morgan fingerprint density at radius 2 is 1.88 bits per heavy atom. The number of aromatic nitrogens is 2. The highest BCUT2D eigenvalue weighted by atomic mass is 35.5. The van der Waals surface area contributed by atoms with E-state index in [0.29, 0.717) is 27.1 Å². The number of anilines is 2. The van der Waals surface area contributed by atoms with E-state index in [2.05, 4.69) is 4.98 Å². The number of aryl methyl sites for hydroxylation is 1. The minimum atomic E-state index is -0.311. The van der Waals surface area contributed by atoms with E-state index in [1.165, 1.54) is 11.3 Å². The Kier molecular flexibility index (Phi) is 5.85. The number of hydrogen-bond acceptors (Lipinski definition) is 6. The number of carbonyl (C=O) groups is 3. The number of pyridine rings is 1. The lowest BCUT2D eigenvalue weighted by Gasteiger charge is -2.21. The molecule has 0 saturated carbocycles. The number of rotatable bonds is 5. The van der Waals surface area contributed by atoms with Crippen LogP contribution in [-0.4, -0.2) is 27.7 Å². The van der Waals surface area contributed by atoms with Gasteiger partial charge in [0.2, 0.25) is 11.8 Å². The molecule has 0 N–H and O–H groups in total. The minimum Gasteiger partial charge on any atom is -0.278 e. The molecule has 0 aliphatic carbocycles. The van der Waals surface area contributed by atoms with Crippen molar-refractivity contribution in [2.75, 3.05) is 9.80 Å². The van der Waals surface area contributed by atoms with Crippen LogP contribution in [0.1, 0.15) is 34.5 Å². The van der Waals surface area contributed by atoms with Crippen molar-refractivity contribution in [3.63, 3.8) is 0 Å². The number of nitrogens with zero attached hydrogens (tertiary/aromatic N) is 4. The average molecular weight is 491 g/mol. The number of fused-ring (bicyclic) bond motifs is 1. The molecule has 170 valence electrons. The predicted molar refractivity (Wildman–Crippen MR) is 132 cm³/mol. The normalized spacial score (nSPS) is 13.6. The monoisotopic (exact) mass is 490 g/mol. The first kappa shape index (κ1) is 22.2. The zero-order valence-corrected chi connectivity index (χ0v) is 19.8. The number of amides is 3. The number of thiazole rings is 1. The fourth-order valence-corrected chi connectivity index (χ4v) is 5.35. The Hall–Kier alpha value is -3.62. The lowest BCUT2D eigenvalue weighted by Crippen LogP contribution is -2.32. The van der Waals surface area contributed by atoms with Gasteiger partial charge in [-0.15, -0.1) is 0 Å². The zero-order chi connectivity index (χ0) is 23.8. The van der Waals surface area contributed by atoms with E-state index in [0.717, 1.165) is 20.7 Å². The summed E-state index contributed by atoms with van der Waals surface area (Å²) in [6, 6.07) is 15.7. The standard InChI is InChI=1S/C25H19ClN4O3S/c1-15-11-17(26)13-20-23(15)28-25(34-20)29(14-18-6-2-3-10-27-18)24(33)16-5-4-7-19(12-16)30-21(31)8-9-22(30)32/h2-7,10-13H,8-9,14H2,1H3. The molecule has 1 saturated heterocycles. The van der Waals surface area contributed by atoms with Crippen LogP contribution >= 0.6 is 22.9 Å². The molecule has 9 heteroatoms. The molecule has 4 aromatic rings. The third kappa shape index (κ3) is 4.18. The number of imide groups is 1. The summed E-state index contributed by atoms with van der Waals surface area (Å²) in [6.45, 7) is 2.13. The molecule has 5 rings (SSSR count). The molecule has 0 unspecified atom stereocenters. The van der Waals surface area contributed by atoms with Crippen LogP contribution in [0.15, 0.2) is 60.8 Å². The van der Waals surface area contributed by atoms with Gasteiger partial charge in [0.05, 0.1) is 28.1 Å². The third-order valence-corrected chi connectivity index (χ3v) is 6.81. The Morgan fingerprint density at radius 1 is 1.09 bits per heavy atom. The summed E-state index contributed by atoms with van der Waals surface area (Å²) in [5.74, 6) is -0.841. The van der Waals surface area contributed by atoms with E-state index >= 15 is 0 Å². The van der Waals surface area contributed by atoms with Gasteiger partial charge in [-0.25, -0.2) is 4.98 Å². The molecule has 2 aromatic carbocycles. The fourth-order valence-electron chi connectivity index (χ4n) is 3.94. The molecule has 0 spiro atoms. The van der Waals surface area contributed by atoms with E-state index in [9.17, 15) is 14.4 Å². The third-order valence-electron chi connectivity index (χ3n) is 5.56. The summed E-state index contributed by atoms with van der Waals surface area (Å²) in [6.07, 6.45) is 2.03. The van der Waals surface area contributed by atoms with Gasteiger partial charge in [-0.05, 0) is 55.0 Å². The van der Waals surface area contributed by atoms with Crippen LogP contribution in [-0.2, 0) is 16.1 Å². The van der Waals surface area contributed by atoms with Gasteiger partial charge in [-0.2, -0.15) is 0 Å². The second-order valence-electron chi connectivity index (χ2n) is 7.95. The molecule has 7 nitrogen and oxygen atoms in total. The van der Waals surface area contributed by atoms with Gasteiger partial charge >= 0.3 is 0 Å². The van der Waals surface area contributed by atoms with Crippen molar-refractivity contribution in [1.82, 2.24) is 9.97 Å². The van der Waals surface area contributed by atoms with Crippen molar-refractivity contribution < 1.29 is 14.4 Å². The van der Waals surface area contributed by atoms with E-state index < -0.39 is 0 Å². The zero-order valence-electron chi connectivity index (χ0n) is 18.2. The van der Waals surface area contributed by atoms with Crippen molar-refractivity contribution in [2.24, 2.45) is 0 Å². The molecule has 0 bridgehead atoms. The fraction of sp³-hybridized carbons (Fsp3) is 0.160. The van der Waals surface area contributed by atoms with Gasteiger partial charge in [0.1, 0.15) is 0 Å². The van der Waals surface area contributed by atoms with Crippen LogP contribution < -0.4 is 9.80 Å². The molecule has 3 amide bonds. The average Bonchev–Trinajstić information content (AvgIpc) is 3.40. The maximum Gasteiger partial charge on any atom is 0.260 e. The summed E-state index contributed by atoms with van der Waals surface area (Å²) in [7, 11) is 0.